The van der Waals surface area contributed by atoms with Gasteiger partial charge in [0.25, 0.3) is 0 Å². The second-order valence-corrected chi connectivity index (χ2v) is 7.82. The molecule has 2 nitrogen and oxygen atoms in total. The summed E-state index contributed by atoms with van der Waals surface area (Å²) in [6, 6.07) is 5.97. The SMILES string of the molecule is CCc1ccc(CN2CC(CC(C)C)NCCC2C)s1. The maximum absolute atomic E-state index is 3.74. The van der Waals surface area contributed by atoms with Crippen molar-refractivity contribution in [3.05, 3.63) is 21.9 Å². The molecule has 2 heterocycles. The molecular weight excluding hydrogens is 264 g/mol. The van der Waals surface area contributed by atoms with Crippen molar-refractivity contribution < 1.29 is 0 Å². The predicted molar refractivity (Wildman–Crippen MR) is 89.4 cm³/mol. The van der Waals surface area contributed by atoms with Crippen molar-refractivity contribution in [2.45, 2.75) is 65.6 Å². The molecular formula is C17H30N2S. The summed E-state index contributed by atoms with van der Waals surface area (Å²) in [5.74, 6) is 0.774. The van der Waals surface area contributed by atoms with E-state index in [-0.39, 0.29) is 0 Å². The first-order valence-corrected chi connectivity index (χ1v) is 8.95. The quantitative estimate of drug-likeness (QED) is 0.886. The number of nitrogens with zero attached hydrogens (tertiary/aromatic N) is 1. The van der Waals surface area contributed by atoms with Crippen LogP contribution < -0.4 is 5.32 Å². The second-order valence-electron chi connectivity index (χ2n) is 6.57. The van der Waals surface area contributed by atoms with E-state index in [2.05, 4.69) is 50.0 Å². The Balaban J connectivity index is 1.98. The molecule has 0 amide bonds. The molecule has 2 unspecified atom stereocenters. The summed E-state index contributed by atoms with van der Waals surface area (Å²) in [5.41, 5.74) is 0. The average molecular weight is 295 g/mol. The van der Waals surface area contributed by atoms with Crippen LogP contribution in [0.25, 0.3) is 0 Å². The largest absolute Gasteiger partial charge is 0.313 e. The van der Waals surface area contributed by atoms with Gasteiger partial charge < -0.3 is 5.32 Å². The predicted octanol–water partition coefficient (Wildman–Crippen LogP) is 3.91. The maximum Gasteiger partial charge on any atom is 0.0331 e. The van der Waals surface area contributed by atoms with E-state index < -0.39 is 0 Å². The number of nitrogens with one attached hydrogen (secondary N) is 1. The fourth-order valence-electron chi connectivity index (χ4n) is 3.05. The van der Waals surface area contributed by atoms with Crippen LogP contribution in [0.4, 0.5) is 0 Å². The lowest BCUT2D eigenvalue weighted by Gasteiger charge is -2.29. The minimum absolute atomic E-state index is 0.658. The van der Waals surface area contributed by atoms with E-state index >= 15 is 0 Å². The lowest BCUT2D eigenvalue weighted by atomic mass is 10.0. The molecule has 2 atom stereocenters. The lowest BCUT2D eigenvalue weighted by Crippen LogP contribution is -2.40. The van der Waals surface area contributed by atoms with Gasteiger partial charge in [0.2, 0.25) is 0 Å². The number of hydrogen-bond acceptors (Lipinski definition) is 3. The highest BCUT2D eigenvalue weighted by atomic mass is 32.1. The van der Waals surface area contributed by atoms with Crippen molar-refractivity contribution in [2.24, 2.45) is 5.92 Å². The van der Waals surface area contributed by atoms with E-state index in [1.54, 1.807) is 0 Å². The van der Waals surface area contributed by atoms with Gasteiger partial charge in [-0.3, -0.25) is 4.90 Å². The Bertz CT molecular complexity index is 399. The molecule has 2 rings (SSSR count). The van der Waals surface area contributed by atoms with Gasteiger partial charge in [0.1, 0.15) is 0 Å². The van der Waals surface area contributed by atoms with E-state index in [9.17, 15) is 0 Å². The van der Waals surface area contributed by atoms with Crippen LogP contribution in [0.3, 0.4) is 0 Å². The molecule has 0 bridgehead atoms. The molecule has 0 aliphatic carbocycles. The van der Waals surface area contributed by atoms with Crippen molar-refractivity contribution >= 4 is 11.3 Å². The molecule has 20 heavy (non-hydrogen) atoms. The molecule has 1 N–H and O–H groups in total. The summed E-state index contributed by atoms with van der Waals surface area (Å²) in [5, 5.41) is 3.74. The normalized spacial score (nSPS) is 25.1. The van der Waals surface area contributed by atoms with Crippen molar-refractivity contribution in [3.63, 3.8) is 0 Å². The van der Waals surface area contributed by atoms with Gasteiger partial charge in [-0.2, -0.15) is 0 Å². The summed E-state index contributed by atoms with van der Waals surface area (Å²) >= 11 is 1.99. The lowest BCUT2D eigenvalue weighted by molar-refractivity contribution is 0.191. The van der Waals surface area contributed by atoms with Crippen molar-refractivity contribution in [1.29, 1.82) is 0 Å². The van der Waals surface area contributed by atoms with E-state index in [4.69, 9.17) is 0 Å². The number of rotatable bonds is 5. The van der Waals surface area contributed by atoms with Gasteiger partial charge in [-0.1, -0.05) is 20.8 Å². The van der Waals surface area contributed by atoms with Crippen LogP contribution in [0.15, 0.2) is 12.1 Å². The Morgan fingerprint density at radius 2 is 2.10 bits per heavy atom. The fourth-order valence-corrected chi connectivity index (χ4v) is 4.03. The third-order valence-electron chi connectivity index (χ3n) is 4.25. The standard InChI is InChI=1S/C17H30N2S/c1-5-16-6-7-17(20-16)12-19-11-15(10-13(2)3)18-9-8-14(19)4/h6-7,13-15,18H,5,8-12H2,1-4H3. The van der Waals surface area contributed by atoms with Gasteiger partial charge in [0, 0.05) is 34.9 Å². The van der Waals surface area contributed by atoms with E-state index in [1.165, 1.54) is 35.7 Å². The summed E-state index contributed by atoms with van der Waals surface area (Å²) < 4.78 is 0. The molecule has 1 aromatic heterocycles. The number of hydrogen-bond donors (Lipinski definition) is 1. The molecule has 0 radical (unpaired) electrons. The van der Waals surface area contributed by atoms with Crippen LogP contribution >= 0.6 is 11.3 Å². The smallest absolute Gasteiger partial charge is 0.0331 e. The third kappa shape index (κ3) is 4.57. The van der Waals surface area contributed by atoms with Gasteiger partial charge in [-0.25, -0.2) is 0 Å². The van der Waals surface area contributed by atoms with Crippen molar-refractivity contribution in [2.75, 3.05) is 13.1 Å². The first-order chi connectivity index (χ1) is 9.58. The Morgan fingerprint density at radius 3 is 2.75 bits per heavy atom. The minimum Gasteiger partial charge on any atom is -0.313 e. The Morgan fingerprint density at radius 1 is 1.35 bits per heavy atom. The minimum atomic E-state index is 0.658. The highest BCUT2D eigenvalue weighted by molar-refractivity contribution is 7.11. The van der Waals surface area contributed by atoms with Crippen molar-refractivity contribution in [1.82, 2.24) is 10.2 Å². The molecule has 3 heteroatoms. The van der Waals surface area contributed by atoms with Crippen LogP contribution in [-0.2, 0) is 13.0 Å². The van der Waals surface area contributed by atoms with Gasteiger partial charge in [0.15, 0.2) is 0 Å². The Hall–Kier alpha value is -0.380. The molecule has 0 saturated carbocycles. The van der Waals surface area contributed by atoms with E-state index in [1.807, 2.05) is 11.3 Å². The molecule has 1 aromatic rings. The zero-order valence-electron chi connectivity index (χ0n) is 13.5. The summed E-state index contributed by atoms with van der Waals surface area (Å²) in [4.78, 5) is 5.72. The zero-order valence-corrected chi connectivity index (χ0v) is 14.3. The number of aryl methyl sites for hydroxylation is 1. The molecule has 1 aliphatic heterocycles. The van der Waals surface area contributed by atoms with Crippen LogP contribution in [0.5, 0.6) is 0 Å². The molecule has 0 spiro atoms. The maximum atomic E-state index is 3.74. The monoisotopic (exact) mass is 294 g/mol. The van der Waals surface area contributed by atoms with Crippen LogP contribution in [0.2, 0.25) is 0 Å². The molecule has 114 valence electrons. The summed E-state index contributed by atoms with van der Waals surface area (Å²) in [6.07, 6.45) is 3.71. The summed E-state index contributed by atoms with van der Waals surface area (Å²) in [7, 11) is 0. The molecule has 1 fully saturated rings. The van der Waals surface area contributed by atoms with Crippen LogP contribution in [0, 0.1) is 5.92 Å². The second kappa shape index (κ2) is 7.58. The highest BCUT2D eigenvalue weighted by Crippen LogP contribution is 2.22. The zero-order chi connectivity index (χ0) is 14.5. The highest BCUT2D eigenvalue weighted by Gasteiger charge is 2.23. The molecule has 1 saturated heterocycles. The third-order valence-corrected chi connectivity index (χ3v) is 5.47. The number of thiophene rings is 1. The topological polar surface area (TPSA) is 15.3 Å². The van der Waals surface area contributed by atoms with Gasteiger partial charge in [0.05, 0.1) is 0 Å². The van der Waals surface area contributed by atoms with Crippen LogP contribution in [-0.4, -0.2) is 30.1 Å². The molecule has 0 aromatic carbocycles. The van der Waals surface area contributed by atoms with Gasteiger partial charge in [-0.05, 0) is 50.8 Å². The van der Waals surface area contributed by atoms with Gasteiger partial charge in [-0.15, -0.1) is 11.3 Å². The van der Waals surface area contributed by atoms with Gasteiger partial charge >= 0.3 is 0 Å². The first-order valence-electron chi connectivity index (χ1n) is 8.13. The summed E-state index contributed by atoms with van der Waals surface area (Å²) in [6.45, 7) is 12.8. The van der Waals surface area contributed by atoms with E-state index in [0.717, 1.165) is 18.9 Å². The molecule has 1 aliphatic rings. The fraction of sp³-hybridized carbons (Fsp3) is 0.765. The Kier molecular flexibility index (Phi) is 6.06. The van der Waals surface area contributed by atoms with Crippen LogP contribution in [0.1, 0.15) is 50.3 Å². The first kappa shape index (κ1) is 16.0. The average Bonchev–Trinajstić information content (AvgIpc) is 2.77. The Labute approximate surface area is 128 Å². The van der Waals surface area contributed by atoms with Crippen molar-refractivity contribution in [3.8, 4) is 0 Å². The van der Waals surface area contributed by atoms with E-state index in [0.29, 0.717) is 12.1 Å².